The van der Waals surface area contributed by atoms with Gasteiger partial charge < -0.3 is 13.9 Å². The monoisotopic (exact) mass is 676 g/mol. The molecule has 2 heterocycles. The fraction of sp³-hybridized carbons (Fsp3) is 0. The maximum absolute atomic E-state index is 6.90. The maximum atomic E-state index is 6.90. The van der Waals surface area contributed by atoms with E-state index in [0.717, 1.165) is 55.8 Å². The number of aromatic nitrogens is 1. The summed E-state index contributed by atoms with van der Waals surface area (Å²) in [5.41, 5.74) is 10.7. The van der Waals surface area contributed by atoms with E-state index in [0.29, 0.717) is 0 Å². The summed E-state index contributed by atoms with van der Waals surface area (Å²) in [6.45, 7) is 0. The van der Waals surface area contributed by atoms with Crippen molar-refractivity contribution in [1.82, 2.24) is 4.57 Å². The average molecular weight is 677 g/mol. The minimum atomic E-state index is 0.867. The maximum Gasteiger partial charge on any atom is 0.145 e. The molecule has 0 atom stereocenters. The van der Waals surface area contributed by atoms with Crippen LogP contribution in [0.4, 0.5) is 17.1 Å². The first-order valence-electron chi connectivity index (χ1n) is 18.1. The molecular formula is C50H32N2O. The zero-order chi connectivity index (χ0) is 34.9. The summed E-state index contributed by atoms with van der Waals surface area (Å²) in [4.78, 5) is 2.41. The van der Waals surface area contributed by atoms with Crippen molar-refractivity contribution in [3.63, 3.8) is 0 Å². The highest BCUT2D eigenvalue weighted by Crippen LogP contribution is 2.48. The Kier molecular flexibility index (Phi) is 6.55. The summed E-state index contributed by atoms with van der Waals surface area (Å²) >= 11 is 0. The number of hydrogen-bond acceptors (Lipinski definition) is 2. The molecule has 0 fully saturated rings. The molecule has 0 radical (unpaired) electrons. The van der Waals surface area contributed by atoms with Gasteiger partial charge in [-0.1, -0.05) is 133 Å². The molecule has 0 aliphatic heterocycles. The van der Waals surface area contributed by atoms with Crippen molar-refractivity contribution in [2.24, 2.45) is 0 Å². The second-order valence-corrected chi connectivity index (χ2v) is 13.7. The molecular weight excluding hydrogens is 645 g/mol. The highest BCUT2D eigenvalue weighted by Gasteiger charge is 2.24. The van der Waals surface area contributed by atoms with Crippen molar-refractivity contribution >= 4 is 82.4 Å². The van der Waals surface area contributed by atoms with E-state index in [1.165, 1.54) is 43.4 Å². The zero-order valence-corrected chi connectivity index (χ0v) is 28.8. The van der Waals surface area contributed by atoms with Crippen LogP contribution in [0, 0.1) is 0 Å². The van der Waals surface area contributed by atoms with Crippen LogP contribution in [-0.2, 0) is 0 Å². The molecule has 0 aliphatic rings. The smallest absolute Gasteiger partial charge is 0.145 e. The van der Waals surface area contributed by atoms with Crippen molar-refractivity contribution in [3.8, 4) is 16.8 Å². The van der Waals surface area contributed by atoms with Crippen LogP contribution < -0.4 is 4.90 Å². The summed E-state index contributed by atoms with van der Waals surface area (Å²) in [7, 11) is 0. The van der Waals surface area contributed by atoms with Gasteiger partial charge in [-0.15, -0.1) is 0 Å². The van der Waals surface area contributed by atoms with Gasteiger partial charge in [-0.25, -0.2) is 0 Å². The molecule has 248 valence electrons. The van der Waals surface area contributed by atoms with Crippen LogP contribution in [0.1, 0.15) is 0 Å². The lowest BCUT2D eigenvalue weighted by atomic mass is 9.98. The molecule has 11 aromatic rings. The molecule has 3 heteroatoms. The third-order valence-electron chi connectivity index (χ3n) is 10.7. The van der Waals surface area contributed by atoms with Gasteiger partial charge in [-0.2, -0.15) is 0 Å². The second-order valence-electron chi connectivity index (χ2n) is 13.7. The zero-order valence-electron chi connectivity index (χ0n) is 28.8. The molecule has 0 aliphatic carbocycles. The van der Waals surface area contributed by atoms with Crippen LogP contribution in [0.25, 0.3) is 82.1 Å². The summed E-state index contributed by atoms with van der Waals surface area (Å²) in [5.74, 6) is 0. The van der Waals surface area contributed by atoms with E-state index >= 15 is 0 Å². The van der Waals surface area contributed by atoms with E-state index in [-0.39, 0.29) is 0 Å². The van der Waals surface area contributed by atoms with Crippen LogP contribution in [-0.4, -0.2) is 4.57 Å². The van der Waals surface area contributed by atoms with Gasteiger partial charge in [0.2, 0.25) is 0 Å². The van der Waals surface area contributed by atoms with Crippen molar-refractivity contribution in [2.75, 3.05) is 4.90 Å². The molecule has 0 saturated carbocycles. The molecule has 0 N–H and O–H groups in total. The van der Waals surface area contributed by atoms with Crippen LogP contribution in [0.15, 0.2) is 199 Å². The Balaban J connectivity index is 1.18. The predicted octanol–water partition coefficient (Wildman–Crippen LogP) is 14.1. The quantitative estimate of drug-likeness (QED) is 0.181. The van der Waals surface area contributed by atoms with Gasteiger partial charge in [0.15, 0.2) is 0 Å². The third kappa shape index (κ3) is 4.61. The third-order valence-corrected chi connectivity index (χ3v) is 10.7. The number of hydrogen-bond donors (Lipinski definition) is 0. The number of benzene rings is 9. The van der Waals surface area contributed by atoms with Gasteiger partial charge >= 0.3 is 0 Å². The molecule has 2 aromatic heterocycles. The normalized spacial score (nSPS) is 11.8. The summed E-state index contributed by atoms with van der Waals surface area (Å²) in [6, 6.07) is 69.7. The lowest BCUT2D eigenvalue weighted by Gasteiger charge is -2.28. The van der Waals surface area contributed by atoms with Crippen LogP contribution >= 0.6 is 0 Å². The van der Waals surface area contributed by atoms with Crippen molar-refractivity contribution in [1.29, 1.82) is 0 Å². The minimum Gasteiger partial charge on any atom is -0.455 e. The number of rotatable bonds is 5. The Bertz CT molecular complexity index is 3140. The van der Waals surface area contributed by atoms with E-state index in [9.17, 15) is 0 Å². The number of fused-ring (bicyclic) bond motifs is 8. The Labute approximate surface area is 306 Å². The SMILES string of the molecule is c1cc(-c2ccc(N(c3ccc4ccccc4c3)c3cccc4ccccc34)c3c2oc2ccccc23)cc(-n2c3ccccc3c3ccccc32)c1. The van der Waals surface area contributed by atoms with Crippen LogP contribution in [0.2, 0.25) is 0 Å². The topological polar surface area (TPSA) is 21.3 Å². The lowest BCUT2D eigenvalue weighted by Crippen LogP contribution is -2.11. The predicted molar refractivity (Wildman–Crippen MR) is 223 cm³/mol. The molecule has 53 heavy (non-hydrogen) atoms. The van der Waals surface area contributed by atoms with E-state index in [4.69, 9.17) is 4.42 Å². The first-order valence-corrected chi connectivity index (χ1v) is 18.1. The molecule has 3 nitrogen and oxygen atoms in total. The van der Waals surface area contributed by atoms with Crippen molar-refractivity contribution in [2.45, 2.75) is 0 Å². The van der Waals surface area contributed by atoms with Crippen molar-refractivity contribution < 1.29 is 4.42 Å². The second kappa shape index (κ2) is 11.7. The van der Waals surface area contributed by atoms with Crippen LogP contribution in [0.3, 0.4) is 0 Å². The van der Waals surface area contributed by atoms with E-state index in [1.807, 2.05) is 0 Å². The molecule has 0 bridgehead atoms. The molecule has 0 saturated heterocycles. The number of para-hydroxylation sites is 3. The largest absolute Gasteiger partial charge is 0.455 e. The Morgan fingerprint density at radius 3 is 1.87 bits per heavy atom. The highest BCUT2D eigenvalue weighted by atomic mass is 16.3. The van der Waals surface area contributed by atoms with Gasteiger partial charge in [0.1, 0.15) is 11.2 Å². The molecule has 0 amide bonds. The Morgan fingerprint density at radius 2 is 1.06 bits per heavy atom. The fourth-order valence-corrected chi connectivity index (χ4v) is 8.36. The Hall–Kier alpha value is -7.10. The van der Waals surface area contributed by atoms with Gasteiger partial charge in [0.05, 0.1) is 27.8 Å². The first kappa shape index (κ1) is 29.6. The number of nitrogens with zero attached hydrogens (tertiary/aromatic N) is 2. The summed E-state index contributed by atoms with van der Waals surface area (Å²) < 4.78 is 9.27. The first-order chi connectivity index (χ1) is 26.3. The summed E-state index contributed by atoms with van der Waals surface area (Å²) in [6.07, 6.45) is 0. The number of furan rings is 1. The molecule has 0 unspecified atom stereocenters. The summed E-state index contributed by atoms with van der Waals surface area (Å²) in [5, 5.41) is 9.47. The highest BCUT2D eigenvalue weighted by molar-refractivity contribution is 6.18. The van der Waals surface area contributed by atoms with Crippen LogP contribution in [0.5, 0.6) is 0 Å². The van der Waals surface area contributed by atoms with E-state index < -0.39 is 0 Å². The number of anilines is 3. The Morgan fingerprint density at radius 1 is 0.415 bits per heavy atom. The minimum absolute atomic E-state index is 0.867. The van der Waals surface area contributed by atoms with Crippen molar-refractivity contribution in [3.05, 3.63) is 194 Å². The molecule has 9 aromatic carbocycles. The van der Waals surface area contributed by atoms with Gasteiger partial charge in [-0.3, -0.25) is 0 Å². The standard InChI is InChI=1S/C50H32N2O/c1-2-15-35-31-38(28-27-33(35)13-1)52(44-25-12-16-34-14-3-4-19-39(34)44)47-30-29-40(50-49(47)43-22-7-10-26-48(43)53-50)36-17-11-18-37(32-36)51-45-23-8-5-20-41(45)42-21-6-9-24-46(42)51/h1-32H. The van der Waals surface area contributed by atoms with Gasteiger partial charge in [0, 0.05) is 38.5 Å². The fourth-order valence-electron chi connectivity index (χ4n) is 8.36. The van der Waals surface area contributed by atoms with Gasteiger partial charge in [-0.05, 0) is 82.4 Å². The molecule has 0 spiro atoms. The van der Waals surface area contributed by atoms with E-state index in [2.05, 4.69) is 204 Å². The molecule has 11 rings (SSSR count). The lowest BCUT2D eigenvalue weighted by molar-refractivity contribution is 0.670. The van der Waals surface area contributed by atoms with E-state index in [1.54, 1.807) is 0 Å². The van der Waals surface area contributed by atoms with Gasteiger partial charge in [0.25, 0.3) is 0 Å². The average Bonchev–Trinajstić information content (AvgIpc) is 3.78.